The number of benzene rings is 1. The maximum Gasteiger partial charge on any atom is 0.243 e. The highest BCUT2D eigenvalue weighted by molar-refractivity contribution is 7.89. The molecule has 0 bridgehead atoms. The van der Waals surface area contributed by atoms with Crippen molar-refractivity contribution in [3.05, 3.63) is 29.3 Å². The molecule has 0 radical (unpaired) electrons. The number of halogens is 1. The zero-order valence-electron chi connectivity index (χ0n) is 16.9. The van der Waals surface area contributed by atoms with Gasteiger partial charge in [0.15, 0.2) is 0 Å². The van der Waals surface area contributed by atoms with Gasteiger partial charge < -0.3 is 10.6 Å². The maximum atomic E-state index is 12.9. The van der Waals surface area contributed by atoms with Gasteiger partial charge >= 0.3 is 0 Å². The van der Waals surface area contributed by atoms with Gasteiger partial charge in [-0.25, -0.2) is 8.42 Å². The minimum atomic E-state index is -3.50. The molecule has 0 spiro atoms. The average Bonchev–Trinajstić information content (AvgIpc) is 3.04. The Morgan fingerprint density at radius 1 is 1.18 bits per heavy atom. The quantitative estimate of drug-likeness (QED) is 0.796. The lowest BCUT2D eigenvalue weighted by atomic mass is 9.96. The first kappa shape index (κ1) is 23.1. The number of carbonyl (C=O) groups is 1. The second-order valence-corrected chi connectivity index (χ2v) is 10.0. The molecular weight excluding hydrogens is 398 g/mol. The number of likely N-dealkylation sites (tertiary alicyclic amines) is 1. The van der Waals surface area contributed by atoms with E-state index < -0.39 is 10.0 Å². The van der Waals surface area contributed by atoms with Gasteiger partial charge in [0.05, 0.1) is 4.90 Å². The van der Waals surface area contributed by atoms with Crippen molar-refractivity contribution in [2.75, 3.05) is 26.2 Å². The Kier molecular flexibility index (Phi) is 7.53. The molecule has 8 heteroatoms. The first-order chi connectivity index (χ1) is 12.7. The third-order valence-electron chi connectivity index (χ3n) is 6.20. The van der Waals surface area contributed by atoms with Gasteiger partial charge in [-0.2, -0.15) is 4.31 Å². The lowest BCUT2D eigenvalue weighted by molar-refractivity contribution is -0.137. The van der Waals surface area contributed by atoms with E-state index in [2.05, 4.69) is 6.92 Å². The van der Waals surface area contributed by atoms with Gasteiger partial charge in [0.25, 0.3) is 0 Å². The van der Waals surface area contributed by atoms with Crippen molar-refractivity contribution < 1.29 is 13.2 Å². The van der Waals surface area contributed by atoms with Crippen molar-refractivity contribution >= 4 is 28.3 Å². The van der Waals surface area contributed by atoms with Crippen LogP contribution in [0.25, 0.3) is 0 Å². The molecule has 2 unspecified atom stereocenters. The van der Waals surface area contributed by atoms with E-state index in [0.29, 0.717) is 43.3 Å². The molecule has 2 N–H and O–H groups in total. The lowest BCUT2D eigenvalue weighted by Gasteiger charge is -2.33. The zero-order chi connectivity index (χ0) is 19.8. The number of hydrogen-bond acceptors (Lipinski definition) is 4. The van der Waals surface area contributed by atoms with Crippen molar-refractivity contribution in [3.63, 3.8) is 0 Å². The number of hydrogen-bond donors (Lipinski definition) is 1. The molecule has 2 heterocycles. The van der Waals surface area contributed by atoms with Crippen LogP contribution in [0.5, 0.6) is 0 Å². The minimum Gasteiger partial charge on any atom is -0.339 e. The van der Waals surface area contributed by atoms with Gasteiger partial charge in [-0.15, -0.1) is 12.4 Å². The number of amides is 1. The molecule has 2 atom stereocenters. The first-order valence-corrected chi connectivity index (χ1v) is 11.3. The number of rotatable bonds is 4. The lowest BCUT2D eigenvalue weighted by Crippen LogP contribution is -2.45. The van der Waals surface area contributed by atoms with Crippen molar-refractivity contribution in [2.45, 2.75) is 51.0 Å². The molecule has 0 saturated carbocycles. The monoisotopic (exact) mass is 429 g/mol. The standard InChI is InChI=1S/C20H31N3O3S.ClH/c1-14-4-5-19(10-15(14)2)27(25,26)22-8-6-18(7-9-22)20(24)23-13-17(12-21)11-16(23)3;/h4-5,10,16-18H,6-9,11-13,21H2,1-3H3;1H. The van der Waals surface area contributed by atoms with E-state index in [0.717, 1.165) is 24.1 Å². The van der Waals surface area contributed by atoms with Gasteiger partial charge in [0.1, 0.15) is 0 Å². The Balaban J connectivity index is 0.00000280. The van der Waals surface area contributed by atoms with Crippen LogP contribution in [-0.2, 0) is 14.8 Å². The largest absolute Gasteiger partial charge is 0.339 e. The fraction of sp³-hybridized carbons (Fsp3) is 0.650. The Morgan fingerprint density at radius 3 is 2.36 bits per heavy atom. The Bertz CT molecular complexity index is 807. The summed E-state index contributed by atoms with van der Waals surface area (Å²) >= 11 is 0. The topological polar surface area (TPSA) is 83.7 Å². The van der Waals surface area contributed by atoms with E-state index in [1.54, 1.807) is 12.1 Å². The van der Waals surface area contributed by atoms with Crippen molar-refractivity contribution in [3.8, 4) is 0 Å². The van der Waals surface area contributed by atoms with Crippen molar-refractivity contribution in [1.29, 1.82) is 0 Å². The molecule has 1 amide bonds. The van der Waals surface area contributed by atoms with E-state index in [4.69, 9.17) is 5.73 Å². The van der Waals surface area contributed by atoms with Gasteiger partial charge in [0.2, 0.25) is 15.9 Å². The fourth-order valence-corrected chi connectivity index (χ4v) is 5.78. The van der Waals surface area contributed by atoms with Crippen LogP contribution in [0, 0.1) is 25.7 Å². The van der Waals surface area contributed by atoms with E-state index in [1.165, 1.54) is 4.31 Å². The number of sulfonamides is 1. The first-order valence-electron chi connectivity index (χ1n) is 9.82. The van der Waals surface area contributed by atoms with E-state index in [-0.39, 0.29) is 30.3 Å². The Labute approximate surface area is 174 Å². The van der Waals surface area contributed by atoms with Crippen LogP contribution >= 0.6 is 12.4 Å². The summed E-state index contributed by atoms with van der Waals surface area (Å²) in [5.74, 6) is 0.464. The molecule has 1 aromatic rings. The number of carbonyl (C=O) groups excluding carboxylic acids is 1. The molecular formula is C20H32ClN3O3S. The number of nitrogens with zero attached hydrogens (tertiary/aromatic N) is 2. The summed E-state index contributed by atoms with van der Waals surface area (Å²) in [7, 11) is -3.50. The molecule has 2 aliphatic rings. The van der Waals surface area contributed by atoms with E-state index in [9.17, 15) is 13.2 Å². The van der Waals surface area contributed by atoms with Crippen LogP contribution in [0.4, 0.5) is 0 Å². The summed E-state index contributed by atoms with van der Waals surface area (Å²) in [6.45, 7) is 8.11. The zero-order valence-corrected chi connectivity index (χ0v) is 18.6. The smallest absolute Gasteiger partial charge is 0.243 e. The van der Waals surface area contributed by atoms with Crippen LogP contribution in [0.3, 0.4) is 0 Å². The predicted molar refractivity (Wildman–Crippen MR) is 113 cm³/mol. The molecule has 3 rings (SSSR count). The molecule has 158 valence electrons. The molecule has 2 aliphatic heterocycles. The predicted octanol–water partition coefficient (Wildman–Crippen LogP) is 2.32. The van der Waals surface area contributed by atoms with E-state index in [1.807, 2.05) is 24.8 Å². The molecule has 0 aromatic heterocycles. The molecule has 6 nitrogen and oxygen atoms in total. The summed E-state index contributed by atoms with van der Waals surface area (Å²) in [5, 5.41) is 0. The van der Waals surface area contributed by atoms with Crippen molar-refractivity contribution in [2.24, 2.45) is 17.6 Å². The molecule has 2 saturated heterocycles. The second-order valence-electron chi connectivity index (χ2n) is 8.10. The van der Waals surface area contributed by atoms with Crippen molar-refractivity contribution in [1.82, 2.24) is 9.21 Å². The molecule has 0 aliphatic carbocycles. The fourth-order valence-electron chi connectivity index (χ4n) is 4.22. The summed E-state index contributed by atoms with van der Waals surface area (Å²) < 4.78 is 27.4. The number of nitrogens with two attached hydrogens (primary N) is 1. The Hall–Kier alpha value is -1.15. The normalized spacial score (nSPS) is 24.2. The van der Waals surface area contributed by atoms with Crippen LogP contribution in [-0.4, -0.2) is 55.8 Å². The summed E-state index contributed by atoms with van der Waals surface area (Å²) in [6, 6.07) is 5.48. The third kappa shape index (κ3) is 4.53. The highest BCUT2D eigenvalue weighted by atomic mass is 35.5. The van der Waals surface area contributed by atoms with Crippen LogP contribution in [0.2, 0.25) is 0 Å². The van der Waals surface area contributed by atoms with Gasteiger partial charge in [0, 0.05) is 31.6 Å². The SMILES string of the molecule is Cc1ccc(S(=O)(=O)N2CCC(C(=O)N3CC(CN)CC3C)CC2)cc1C.Cl. The van der Waals surface area contributed by atoms with Gasteiger partial charge in [-0.1, -0.05) is 6.07 Å². The maximum absolute atomic E-state index is 12.9. The number of aryl methyl sites for hydroxylation is 2. The minimum absolute atomic E-state index is 0. The average molecular weight is 430 g/mol. The number of piperidine rings is 1. The Morgan fingerprint density at radius 2 is 1.82 bits per heavy atom. The van der Waals surface area contributed by atoms with Gasteiger partial charge in [-0.3, -0.25) is 4.79 Å². The van der Waals surface area contributed by atoms with Crippen LogP contribution < -0.4 is 5.73 Å². The highest BCUT2D eigenvalue weighted by Crippen LogP contribution is 2.29. The summed E-state index contributed by atoms with van der Waals surface area (Å²) in [4.78, 5) is 15.2. The van der Waals surface area contributed by atoms with E-state index >= 15 is 0 Å². The van der Waals surface area contributed by atoms with Crippen LogP contribution in [0.1, 0.15) is 37.3 Å². The summed E-state index contributed by atoms with van der Waals surface area (Å²) in [6.07, 6.45) is 2.13. The third-order valence-corrected chi connectivity index (χ3v) is 8.09. The molecule has 1 aromatic carbocycles. The second kappa shape index (κ2) is 9.11. The van der Waals surface area contributed by atoms with Crippen LogP contribution in [0.15, 0.2) is 23.1 Å². The molecule has 2 fully saturated rings. The molecule has 28 heavy (non-hydrogen) atoms. The summed E-state index contributed by atoms with van der Waals surface area (Å²) in [5.41, 5.74) is 7.82. The highest BCUT2D eigenvalue weighted by Gasteiger charge is 2.38. The van der Waals surface area contributed by atoms with Gasteiger partial charge in [-0.05, 0) is 75.8 Å².